The number of halogens is 2. The monoisotopic (exact) mass is 443 g/mol. The van der Waals surface area contributed by atoms with Crippen molar-refractivity contribution in [2.24, 2.45) is 0 Å². The van der Waals surface area contributed by atoms with Crippen LogP contribution in [-0.4, -0.2) is 43.0 Å². The van der Waals surface area contributed by atoms with Crippen LogP contribution < -0.4 is 4.90 Å². The van der Waals surface area contributed by atoms with Gasteiger partial charge in [-0.1, -0.05) is 47.7 Å². The number of fused-ring (bicyclic) bond motifs is 2. The van der Waals surface area contributed by atoms with Gasteiger partial charge in [-0.05, 0) is 62.1 Å². The molecule has 1 amide bonds. The molecule has 0 aliphatic carbocycles. The first kappa shape index (κ1) is 22.2. The summed E-state index contributed by atoms with van der Waals surface area (Å²) in [7, 11) is 4.01. The molecule has 1 aromatic heterocycles. The van der Waals surface area contributed by atoms with E-state index in [0.29, 0.717) is 22.8 Å². The molecule has 30 heavy (non-hydrogen) atoms. The fourth-order valence-electron chi connectivity index (χ4n) is 3.33. The SMILES string of the molecule is CN(C)CCCN(C(=O)c1ccc2ccccc2c1)c1nc2c(F)cccc2s1.Cl. The van der Waals surface area contributed by atoms with E-state index in [9.17, 15) is 9.18 Å². The van der Waals surface area contributed by atoms with Gasteiger partial charge >= 0.3 is 0 Å². The van der Waals surface area contributed by atoms with Crippen molar-refractivity contribution in [1.82, 2.24) is 9.88 Å². The van der Waals surface area contributed by atoms with Crippen LogP contribution in [0.5, 0.6) is 0 Å². The second kappa shape index (κ2) is 9.51. The predicted molar refractivity (Wildman–Crippen MR) is 126 cm³/mol. The highest BCUT2D eigenvalue weighted by molar-refractivity contribution is 7.22. The zero-order valence-corrected chi connectivity index (χ0v) is 18.5. The van der Waals surface area contributed by atoms with E-state index in [1.54, 1.807) is 11.0 Å². The summed E-state index contributed by atoms with van der Waals surface area (Å²) < 4.78 is 14.9. The first-order valence-corrected chi connectivity index (χ1v) is 10.3. The summed E-state index contributed by atoms with van der Waals surface area (Å²) in [5.74, 6) is -0.481. The molecule has 1 heterocycles. The molecule has 4 nitrogen and oxygen atoms in total. The molecule has 0 atom stereocenters. The van der Waals surface area contributed by atoms with Crippen molar-refractivity contribution in [2.75, 3.05) is 32.1 Å². The van der Waals surface area contributed by atoms with Gasteiger partial charge in [-0.15, -0.1) is 12.4 Å². The van der Waals surface area contributed by atoms with Gasteiger partial charge in [0.1, 0.15) is 11.3 Å². The normalized spacial score (nSPS) is 11.1. The molecular formula is C23H23ClFN3OS. The van der Waals surface area contributed by atoms with Gasteiger partial charge in [-0.25, -0.2) is 9.37 Å². The van der Waals surface area contributed by atoms with Crippen LogP contribution in [0.4, 0.5) is 9.52 Å². The lowest BCUT2D eigenvalue weighted by Crippen LogP contribution is -2.33. The van der Waals surface area contributed by atoms with Crippen molar-refractivity contribution < 1.29 is 9.18 Å². The lowest BCUT2D eigenvalue weighted by atomic mass is 10.1. The van der Waals surface area contributed by atoms with Crippen molar-refractivity contribution in [2.45, 2.75) is 6.42 Å². The van der Waals surface area contributed by atoms with Crippen molar-refractivity contribution in [1.29, 1.82) is 0 Å². The Bertz CT molecular complexity index is 1180. The summed E-state index contributed by atoms with van der Waals surface area (Å²) in [5.41, 5.74) is 0.921. The molecule has 3 aromatic carbocycles. The van der Waals surface area contributed by atoms with Crippen LogP contribution in [0, 0.1) is 5.82 Å². The predicted octanol–water partition coefficient (Wildman–Crippen LogP) is 5.61. The van der Waals surface area contributed by atoms with Gasteiger partial charge in [-0.3, -0.25) is 9.69 Å². The molecule has 0 radical (unpaired) electrons. The maximum atomic E-state index is 14.2. The van der Waals surface area contributed by atoms with Gasteiger partial charge in [0.25, 0.3) is 5.91 Å². The van der Waals surface area contributed by atoms with E-state index in [0.717, 1.165) is 28.4 Å². The maximum absolute atomic E-state index is 14.2. The van der Waals surface area contributed by atoms with Gasteiger partial charge in [0.15, 0.2) is 5.13 Å². The van der Waals surface area contributed by atoms with Crippen LogP contribution in [0.15, 0.2) is 60.7 Å². The van der Waals surface area contributed by atoms with Crippen LogP contribution in [0.1, 0.15) is 16.8 Å². The third kappa shape index (κ3) is 4.61. The van der Waals surface area contributed by atoms with E-state index in [-0.39, 0.29) is 24.1 Å². The van der Waals surface area contributed by atoms with Crippen LogP contribution in [0.25, 0.3) is 21.0 Å². The zero-order chi connectivity index (χ0) is 20.4. The molecule has 0 saturated carbocycles. The largest absolute Gasteiger partial charge is 0.309 e. The topological polar surface area (TPSA) is 36.4 Å². The number of anilines is 1. The van der Waals surface area contributed by atoms with Gasteiger partial charge in [0, 0.05) is 12.1 Å². The second-order valence-corrected chi connectivity index (χ2v) is 8.27. The highest BCUT2D eigenvalue weighted by atomic mass is 35.5. The number of hydrogen-bond acceptors (Lipinski definition) is 4. The minimum Gasteiger partial charge on any atom is -0.309 e. The quantitative estimate of drug-likeness (QED) is 0.388. The number of carbonyl (C=O) groups is 1. The summed E-state index contributed by atoms with van der Waals surface area (Å²) in [5, 5.41) is 2.63. The number of para-hydroxylation sites is 1. The molecule has 0 spiro atoms. The third-order valence-electron chi connectivity index (χ3n) is 4.82. The van der Waals surface area contributed by atoms with E-state index in [1.807, 2.05) is 62.6 Å². The number of thiazole rings is 1. The fourth-order valence-corrected chi connectivity index (χ4v) is 4.33. The molecule has 7 heteroatoms. The van der Waals surface area contributed by atoms with Crippen molar-refractivity contribution in [3.8, 4) is 0 Å². The minimum absolute atomic E-state index is 0. The van der Waals surface area contributed by atoms with Gasteiger partial charge < -0.3 is 4.90 Å². The Morgan fingerprint density at radius 1 is 1.00 bits per heavy atom. The Balaban J connectivity index is 0.00000256. The Morgan fingerprint density at radius 3 is 2.50 bits per heavy atom. The average molecular weight is 444 g/mol. The molecule has 0 N–H and O–H groups in total. The Morgan fingerprint density at radius 2 is 1.77 bits per heavy atom. The first-order chi connectivity index (χ1) is 14.0. The molecule has 0 aliphatic heterocycles. The van der Waals surface area contributed by atoms with E-state index in [4.69, 9.17) is 0 Å². The molecule has 0 bridgehead atoms. The highest BCUT2D eigenvalue weighted by Crippen LogP contribution is 2.31. The molecule has 4 aromatic rings. The summed E-state index contributed by atoms with van der Waals surface area (Å²) in [6, 6.07) is 18.6. The van der Waals surface area contributed by atoms with Gasteiger partial charge in [0.05, 0.1) is 4.70 Å². The minimum atomic E-state index is -0.364. The molecule has 156 valence electrons. The Labute approximate surface area is 185 Å². The Hall–Kier alpha value is -2.54. The molecule has 0 fully saturated rings. The van der Waals surface area contributed by atoms with Crippen molar-refractivity contribution in [3.63, 3.8) is 0 Å². The Kier molecular flexibility index (Phi) is 7.02. The summed E-state index contributed by atoms with van der Waals surface area (Å²) in [6.07, 6.45) is 0.796. The van der Waals surface area contributed by atoms with Crippen LogP contribution in [0.2, 0.25) is 0 Å². The number of carbonyl (C=O) groups excluding carboxylic acids is 1. The summed E-state index contributed by atoms with van der Waals surface area (Å²) >= 11 is 1.35. The summed E-state index contributed by atoms with van der Waals surface area (Å²) in [4.78, 5) is 21.6. The van der Waals surface area contributed by atoms with Crippen LogP contribution in [-0.2, 0) is 0 Å². The summed E-state index contributed by atoms with van der Waals surface area (Å²) in [6.45, 7) is 1.37. The van der Waals surface area contributed by atoms with Crippen LogP contribution in [0.3, 0.4) is 0 Å². The molecule has 0 unspecified atom stereocenters. The van der Waals surface area contributed by atoms with Crippen molar-refractivity contribution in [3.05, 3.63) is 72.0 Å². The van der Waals surface area contributed by atoms with Gasteiger partial charge in [-0.2, -0.15) is 0 Å². The lowest BCUT2D eigenvalue weighted by Gasteiger charge is -2.21. The molecular weight excluding hydrogens is 421 g/mol. The fraction of sp³-hybridized carbons (Fsp3) is 0.217. The second-order valence-electron chi connectivity index (χ2n) is 7.26. The molecule has 0 aliphatic rings. The van der Waals surface area contributed by atoms with E-state index in [2.05, 4.69) is 9.88 Å². The van der Waals surface area contributed by atoms with E-state index < -0.39 is 0 Å². The van der Waals surface area contributed by atoms with E-state index >= 15 is 0 Å². The average Bonchev–Trinajstić information content (AvgIpc) is 3.15. The number of nitrogens with zero attached hydrogens (tertiary/aromatic N) is 3. The van der Waals surface area contributed by atoms with Gasteiger partial charge in [0.2, 0.25) is 0 Å². The number of hydrogen-bond donors (Lipinski definition) is 0. The van der Waals surface area contributed by atoms with E-state index in [1.165, 1.54) is 17.4 Å². The number of benzene rings is 3. The number of amides is 1. The van der Waals surface area contributed by atoms with Crippen LogP contribution >= 0.6 is 23.7 Å². The standard InChI is InChI=1S/C23H22FN3OS.ClH/c1-26(2)13-6-14-27(23-25-21-19(24)9-5-10-20(21)29-23)22(28)18-12-11-16-7-3-4-8-17(16)15-18;/h3-5,7-12,15H,6,13-14H2,1-2H3;1H. The first-order valence-electron chi connectivity index (χ1n) is 9.53. The smallest absolute Gasteiger partial charge is 0.260 e. The maximum Gasteiger partial charge on any atom is 0.260 e. The highest BCUT2D eigenvalue weighted by Gasteiger charge is 2.22. The lowest BCUT2D eigenvalue weighted by molar-refractivity contribution is 0.0986. The number of rotatable bonds is 6. The third-order valence-corrected chi connectivity index (χ3v) is 5.86. The van der Waals surface area contributed by atoms with Crippen molar-refractivity contribution >= 4 is 55.8 Å². The molecule has 0 saturated heterocycles. The molecule has 4 rings (SSSR count). The number of aromatic nitrogens is 1. The zero-order valence-electron chi connectivity index (χ0n) is 16.8.